The first-order chi connectivity index (χ1) is 37.4. The van der Waals surface area contributed by atoms with Crippen LogP contribution >= 0.6 is 31.9 Å². The Morgan fingerprint density at radius 2 is 0.487 bits per heavy atom. The Bertz CT molecular complexity index is 3800. The van der Waals surface area contributed by atoms with Crippen molar-refractivity contribution in [3.8, 4) is 46.0 Å². The van der Waals surface area contributed by atoms with Crippen LogP contribution in [0.2, 0.25) is 0 Å². The molecule has 23 heteroatoms. The third-order valence-electron chi connectivity index (χ3n) is 13.6. The van der Waals surface area contributed by atoms with Gasteiger partial charge in [-0.25, -0.2) is 16.8 Å². The molecule has 18 nitrogen and oxygen atoms in total. The van der Waals surface area contributed by atoms with Gasteiger partial charge < -0.3 is 50.0 Å². The Morgan fingerprint density at radius 3 is 0.700 bits per heavy atom. The lowest BCUT2D eigenvalue weighted by molar-refractivity contribution is 0.380. The lowest BCUT2D eigenvalue weighted by Crippen LogP contribution is -2.06. The minimum atomic E-state index is -4.96. The fourth-order valence-electron chi connectivity index (χ4n) is 9.89. The molecule has 0 unspecified atom stereocenters. The molecule has 0 fully saturated rings. The van der Waals surface area contributed by atoms with Gasteiger partial charge in [0.05, 0.1) is 9.79 Å². The summed E-state index contributed by atoms with van der Waals surface area (Å²) in [4.78, 5) is -1.19. The van der Waals surface area contributed by atoms with Gasteiger partial charge in [-0.15, -0.1) is 0 Å². The van der Waals surface area contributed by atoms with Crippen molar-refractivity contribution in [2.75, 3.05) is 0 Å². The van der Waals surface area contributed by atoms with Gasteiger partial charge in [0.1, 0.15) is 66.2 Å². The number of aromatic hydroxyl groups is 8. The summed E-state index contributed by atoms with van der Waals surface area (Å²) < 4.78 is 105. The molecule has 16 bridgehead atoms. The zero-order chi connectivity index (χ0) is 58.3. The molecule has 0 saturated heterocycles. The van der Waals surface area contributed by atoms with Crippen LogP contribution < -0.4 is 0 Å². The van der Waals surface area contributed by atoms with E-state index in [1.807, 2.05) is 66.7 Å². The van der Waals surface area contributed by atoms with E-state index in [4.69, 9.17) is 17.5 Å². The SMILES string of the molecule is Cc1cc2c(O)c(c1)Cc1cc(S(=O)(=O)[O-])cc(c1O)Cc1cc(Br)cc(c1O)Cc1cc(S(=O)(=O)[O-])cc(c1O)C2.O=S(=O)(O)O.Oc1c2cccc1Cc1cccc(c1O)Cc1cc(Br)cc(c1O)Cc1cccc(c1O)C2. The molecule has 2 aliphatic carbocycles. The maximum Gasteiger partial charge on any atom is 0.394 e. The molecule has 0 aliphatic heterocycles. The van der Waals surface area contributed by atoms with E-state index in [0.717, 1.165) is 28.7 Å². The van der Waals surface area contributed by atoms with Gasteiger partial charge in [-0.3, -0.25) is 9.11 Å². The number of aryl methyl sites for hydroxylation is 1. The average Bonchev–Trinajstić information content (AvgIpc) is 3.49. The number of phenolic OH excluding ortho intramolecular Hbond substituents is 8. The molecule has 0 radical (unpaired) electrons. The monoisotopic (exact) mass is 1270 g/mol. The summed E-state index contributed by atoms with van der Waals surface area (Å²) in [5.74, 6) is -0.564. The summed E-state index contributed by atoms with van der Waals surface area (Å²) in [5, 5.41) is 88.8. The maximum absolute atomic E-state index is 12.0. The van der Waals surface area contributed by atoms with Crippen LogP contribution in [0.3, 0.4) is 0 Å². The van der Waals surface area contributed by atoms with Crippen LogP contribution in [0.5, 0.6) is 46.0 Å². The van der Waals surface area contributed by atoms with E-state index in [0.29, 0.717) is 80.2 Å². The predicted octanol–water partition coefficient (Wildman–Crippen LogP) is 9.36. The highest BCUT2D eigenvalue weighted by Crippen LogP contribution is 2.42. The van der Waals surface area contributed by atoms with Crippen LogP contribution in [0, 0.1) is 6.92 Å². The highest BCUT2D eigenvalue weighted by atomic mass is 79.9. The van der Waals surface area contributed by atoms with Crippen molar-refractivity contribution in [1.29, 1.82) is 0 Å². The molecular weight excluding hydrogens is 1230 g/mol. The fourth-order valence-corrected chi connectivity index (χ4v) is 12.1. The van der Waals surface area contributed by atoms with E-state index < -0.39 is 40.4 Å². The Kier molecular flexibility index (Phi) is 17.0. The Labute approximate surface area is 476 Å². The predicted molar refractivity (Wildman–Crippen MR) is 298 cm³/mol. The molecule has 8 aromatic carbocycles. The van der Waals surface area contributed by atoms with Crippen LogP contribution in [0.15, 0.2) is 134 Å². The van der Waals surface area contributed by atoms with Gasteiger partial charge >= 0.3 is 10.4 Å². The number of fused-ring (bicyclic) bond motifs is 16. The van der Waals surface area contributed by atoms with Gasteiger partial charge in [0.2, 0.25) is 0 Å². The average molecular weight is 1280 g/mol. The first kappa shape index (κ1) is 58.9. The van der Waals surface area contributed by atoms with E-state index in [1.165, 1.54) is 12.1 Å². The second-order valence-corrected chi connectivity index (χ2v) is 24.8. The lowest BCUT2D eigenvalue weighted by Gasteiger charge is -2.20. The topological polar surface area (TPSA) is 351 Å². The van der Waals surface area contributed by atoms with Crippen molar-refractivity contribution in [2.24, 2.45) is 0 Å². The first-order valence-corrected chi connectivity index (χ1v) is 29.7. The summed E-state index contributed by atoms with van der Waals surface area (Å²) in [5.41, 5.74) is 7.21. The first-order valence-electron chi connectivity index (χ1n) is 23.9. The fraction of sp³-hybridized carbons (Fsp3) is 0.158. The van der Waals surface area contributed by atoms with Gasteiger partial charge in [0.25, 0.3) is 0 Å². The third-order valence-corrected chi connectivity index (χ3v) is 16.1. The Morgan fingerprint density at radius 1 is 0.325 bits per heavy atom. The molecule has 418 valence electrons. The molecule has 8 aromatic rings. The number of rotatable bonds is 2. The number of hydrogen-bond donors (Lipinski definition) is 10. The normalized spacial score (nSPS) is 13.2. The molecular formula is C57H48Br2O18S3-2. The van der Waals surface area contributed by atoms with E-state index in [1.54, 1.807) is 19.1 Å². The highest BCUT2D eigenvalue weighted by molar-refractivity contribution is 9.10. The third kappa shape index (κ3) is 13.7. The summed E-state index contributed by atoms with van der Waals surface area (Å²) in [7, 11) is -14.6. The largest absolute Gasteiger partial charge is 0.744 e. The van der Waals surface area contributed by atoms with Crippen LogP contribution in [0.1, 0.15) is 94.6 Å². The van der Waals surface area contributed by atoms with E-state index in [-0.39, 0.29) is 116 Å². The van der Waals surface area contributed by atoms with E-state index >= 15 is 0 Å². The molecule has 0 spiro atoms. The molecule has 10 rings (SSSR count). The van der Waals surface area contributed by atoms with Crippen molar-refractivity contribution in [3.05, 3.63) is 219 Å². The Balaban J connectivity index is 0.000000198. The number of phenols is 8. The molecule has 0 saturated carbocycles. The molecule has 10 N–H and O–H groups in total. The standard InChI is InChI=1S/C29H25BrO10S2.C28H23BrO4.H2O4S/c1-14-2-15-4-19-10-24(41(35,36)37)12-21(28(19)33)6-17-8-23(30)9-18(27(17)32)7-22-13-25(42(38,39)40)11-20(29(22)34)5-16(3-14)26(15)31;29-24-14-22-12-20-8-2-6-18(26(20)31)10-16-4-1-5-17(25(16)30)11-19-7-3-9-21(27(19)32)13-23(15-24)28(22)33;1-5(2,3)4/h2-3,8-13,31-34H,4-7H2,1H3,(H,35,36,37)(H,38,39,40);1-9,14-15,30-33H,10-13H2;(H2,1,2,3,4)/p-2. The van der Waals surface area contributed by atoms with E-state index in [2.05, 4.69) is 31.9 Å². The van der Waals surface area contributed by atoms with Gasteiger partial charge in [-0.2, -0.15) is 8.42 Å². The molecule has 2 aliphatic rings. The highest BCUT2D eigenvalue weighted by Gasteiger charge is 2.24. The van der Waals surface area contributed by atoms with Crippen LogP contribution in [0.4, 0.5) is 0 Å². The van der Waals surface area contributed by atoms with Crippen LogP contribution in [-0.4, -0.2) is 84.3 Å². The van der Waals surface area contributed by atoms with Crippen molar-refractivity contribution >= 4 is 62.5 Å². The quantitative estimate of drug-likeness (QED) is 0.0720. The summed E-state index contributed by atoms with van der Waals surface area (Å²) in [6.07, 6.45) is 0.554. The van der Waals surface area contributed by atoms with E-state index in [9.17, 15) is 66.8 Å². The minimum Gasteiger partial charge on any atom is -0.744 e. The van der Waals surface area contributed by atoms with Crippen molar-refractivity contribution in [2.45, 2.75) is 68.1 Å². The van der Waals surface area contributed by atoms with Crippen LogP contribution in [0.25, 0.3) is 0 Å². The second-order valence-electron chi connectivity index (χ2n) is 19.3. The molecule has 0 heterocycles. The smallest absolute Gasteiger partial charge is 0.394 e. The van der Waals surface area contributed by atoms with Gasteiger partial charge in [0, 0.05) is 60.3 Å². The maximum atomic E-state index is 12.0. The zero-order valence-corrected chi connectivity index (χ0v) is 47.5. The summed E-state index contributed by atoms with van der Waals surface area (Å²) in [6, 6.07) is 30.7. The zero-order valence-electron chi connectivity index (χ0n) is 41.8. The van der Waals surface area contributed by atoms with Crippen molar-refractivity contribution < 1.29 is 84.3 Å². The molecule has 0 amide bonds. The number of hydrogen-bond acceptors (Lipinski definition) is 16. The Hall–Kier alpha value is -7.19. The van der Waals surface area contributed by atoms with Crippen molar-refractivity contribution in [1.82, 2.24) is 0 Å². The minimum absolute atomic E-state index is 0.0188. The molecule has 80 heavy (non-hydrogen) atoms. The van der Waals surface area contributed by atoms with Gasteiger partial charge in [-0.05, 0) is 144 Å². The number of benzene rings is 8. The second kappa shape index (κ2) is 23.1. The van der Waals surface area contributed by atoms with Gasteiger partial charge in [-0.1, -0.05) is 104 Å². The lowest BCUT2D eigenvalue weighted by atomic mass is 9.90. The summed E-state index contributed by atoms with van der Waals surface area (Å²) >= 11 is 6.89. The molecule has 0 atom stereocenters. The summed E-state index contributed by atoms with van der Waals surface area (Å²) in [6.45, 7) is 1.71. The van der Waals surface area contributed by atoms with Gasteiger partial charge in [0.15, 0.2) is 0 Å². The number of para-hydroxylation sites is 3. The number of halogens is 2. The van der Waals surface area contributed by atoms with Crippen molar-refractivity contribution in [3.63, 3.8) is 0 Å². The molecule has 0 aromatic heterocycles. The van der Waals surface area contributed by atoms with Crippen LogP contribution in [-0.2, 0) is 82.0 Å².